The summed E-state index contributed by atoms with van der Waals surface area (Å²) in [4.78, 5) is 71.6. The fourth-order valence-electron chi connectivity index (χ4n) is 2.01. The van der Waals surface area contributed by atoms with Crippen molar-refractivity contribution in [1.29, 1.82) is 0 Å². The molecule has 3 amide bonds. The van der Waals surface area contributed by atoms with Crippen LogP contribution >= 0.6 is 43.2 Å². The third kappa shape index (κ3) is 47.1. The molecule has 0 aromatic carbocycles. The molecular weight excluding hydrogens is 655 g/mol. The largest absolute Gasteiger partial charge is 0.481 e. The predicted molar refractivity (Wildman–Crippen MR) is 185 cm³/mol. The number of likely N-dealkylation sites (N-methyl/N-ethyl adjacent to an activating group) is 1. The van der Waals surface area contributed by atoms with Crippen LogP contribution in [0.15, 0.2) is 0 Å². The molecule has 3 unspecified atom stereocenters. The molecule has 8 N–H and O–H groups in total. The first kappa shape index (κ1) is 51.7. The molecule has 0 heterocycles. The zero-order valence-corrected chi connectivity index (χ0v) is 30.1. The van der Waals surface area contributed by atoms with E-state index in [0.29, 0.717) is 31.5 Å². The molecule has 0 aliphatic rings. The van der Waals surface area contributed by atoms with Gasteiger partial charge < -0.3 is 46.8 Å². The molecule has 0 rings (SSSR count). The molecular formula is C26H53N5O9S4. The molecule has 0 saturated carbocycles. The lowest BCUT2D eigenvalue weighted by molar-refractivity contribution is -0.139. The van der Waals surface area contributed by atoms with Crippen molar-refractivity contribution in [3.05, 3.63) is 0 Å². The van der Waals surface area contributed by atoms with E-state index in [0.717, 1.165) is 36.4 Å². The number of carboxylic acids is 1. The molecule has 18 heteroatoms. The Morgan fingerprint density at radius 3 is 1.77 bits per heavy atom. The van der Waals surface area contributed by atoms with Gasteiger partial charge in [-0.15, -0.1) is 0 Å². The van der Waals surface area contributed by atoms with Crippen molar-refractivity contribution >= 4 is 85.7 Å². The Labute approximate surface area is 277 Å². The van der Waals surface area contributed by atoms with Gasteiger partial charge in [0.1, 0.15) is 24.4 Å². The summed E-state index contributed by atoms with van der Waals surface area (Å²) < 4.78 is 0. The minimum atomic E-state index is -1.04. The molecule has 44 heavy (non-hydrogen) atoms. The van der Waals surface area contributed by atoms with Crippen molar-refractivity contribution in [2.24, 2.45) is 5.73 Å². The van der Waals surface area contributed by atoms with Gasteiger partial charge in [-0.25, -0.2) is 0 Å². The Kier molecular flexibility index (Phi) is 50.9. The van der Waals surface area contributed by atoms with Crippen LogP contribution in [0.1, 0.15) is 53.9 Å². The van der Waals surface area contributed by atoms with Crippen LogP contribution in [0.2, 0.25) is 0 Å². The summed E-state index contributed by atoms with van der Waals surface area (Å²) in [5, 5.41) is 27.9. The lowest BCUT2D eigenvalue weighted by atomic mass is 10.2. The summed E-state index contributed by atoms with van der Waals surface area (Å²) in [7, 11) is 10.2. The average molecular weight is 708 g/mol. The van der Waals surface area contributed by atoms with E-state index in [1.54, 1.807) is 39.3 Å². The highest BCUT2D eigenvalue weighted by Crippen LogP contribution is 2.21. The van der Waals surface area contributed by atoms with E-state index in [2.05, 4.69) is 21.3 Å². The van der Waals surface area contributed by atoms with Gasteiger partial charge in [-0.05, 0) is 34.9 Å². The van der Waals surface area contributed by atoms with Crippen molar-refractivity contribution in [2.45, 2.75) is 72.1 Å². The monoisotopic (exact) mass is 707 g/mol. The van der Waals surface area contributed by atoms with E-state index < -0.39 is 36.0 Å². The van der Waals surface area contributed by atoms with E-state index in [1.165, 1.54) is 20.9 Å². The molecule has 0 radical (unpaired) electrons. The maximum atomic E-state index is 11.6. The van der Waals surface area contributed by atoms with Gasteiger partial charge >= 0.3 is 5.97 Å². The fraction of sp³-hybridized carbons (Fsp3) is 0.731. The number of nitrogens with one attached hydrogen (secondary N) is 4. The van der Waals surface area contributed by atoms with Crippen LogP contribution in [0.3, 0.4) is 0 Å². The number of carbonyl (C=O) groups is 7. The number of aliphatic hydroxyl groups is 1. The van der Waals surface area contributed by atoms with Gasteiger partial charge in [0.2, 0.25) is 18.2 Å². The van der Waals surface area contributed by atoms with Crippen molar-refractivity contribution in [1.82, 2.24) is 21.3 Å². The lowest BCUT2D eigenvalue weighted by Crippen LogP contribution is -2.50. The van der Waals surface area contributed by atoms with Crippen LogP contribution in [-0.4, -0.2) is 121 Å². The standard InChI is InChI=1S/C10H18N2O4S2.C7H15NOS2.C5H10N2O3.C2H4O.C2H6/c1-8(15)9(12-7-14)10(16)11-3-6-18-17-5-2-4-13;1-7(9)3-5-10-11-6-4-8-2;1-7-3(5(6)10)2-4(8)9;1-2-3;1-2/h4,7-9,15H,2-3,5-6H2,1H3,(H,11,16)(H,12,14);8H,3-6H2,1-2H3;3,7H,2H2,1H3,(H2,6,10)(H,8,9);2H,1H3;1-2H3. The topological polar surface area (TPSA) is 234 Å². The summed E-state index contributed by atoms with van der Waals surface area (Å²) in [6, 6.07) is -1.69. The van der Waals surface area contributed by atoms with Crippen molar-refractivity contribution in [3.8, 4) is 0 Å². The van der Waals surface area contributed by atoms with Crippen molar-refractivity contribution in [3.63, 3.8) is 0 Å². The molecule has 0 fully saturated rings. The number of nitrogens with two attached hydrogens (primary N) is 1. The number of aliphatic hydroxyl groups excluding tert-OH is 1. The highest BCUT2D eigenvalue weighted by molar-refractivity contribution is 8.77. The van der Waals surface area contributed by atoms with E-state index in [4.69, 9.17) is 15.6 Å². The number of Topliss-reactive ketones (excluding diaryl/α,β-unsaturated/α-hetero) is 1. The second-order valence-electron chi connectivity index (χ2n) is 7.67. The van der Waals surface area contributed by atoms with E-state index in [1.807, 2.05) is 31.7 Å². The maximum Gasteiger partial charge on any atom is 0.305 e. The number of rotatable bonds is 22. The second-order valence-corrected chi connectivity index (χ2v) is 13.1. The minimum Gasteiger partial charge on any atom is -0.481 e. The molecule has 260 valence electrons. The zero-order chi connectivity index (χ0) is 35.2. The number of carbonyl (C=O) groups excluding carboxylic acids is 6. The molecule has 0 spiro atoms. The SMILES string of the molecule is CC.CC(O)C(NC=O)C(=O)NCCSSCCC=O.CC=O.CNC(CC(=O)O)C(N)=O.CNCCSSCCC(C)=O. The summed E-state index contributed by atoms with van der Waals surface area (Å²) in [5.41, 5.74) is 4.83. The summed E-state index contributed by atoms with van der Waals surface area (Å²) in [5.74, 6) is 1.70. The van der Waals surface area contributed by atoms with E-state index in [-0.39, 0.29) is 12.2 Å². The molecule has 0 aromatic rings. The molecule has 0 aromatic heterocycles. The highest BCUT2D eigenvalue weighted by Gasteiger charge is 2.22. The smallest absolute Gasteiger partial charge is 0.305 e. The predicted octanol–water partition coefficient (Wildman–Crippen LogP) is 0.901. The number of hydrogen-bond acceptors (Lipinski definition) is 14. The van der Waals surface area contributed by atoms with Crippen molar-refractivity contribution in [2.75, 3.05) is 50.2 Å². The molecule has 0 saturated heterocycles. The summed E-state index contributed by atoms with van der Waals surface area (Å²) in [6.07, 6.45) is 2.03. The minimum absolute atomic E-state index is 0.272. The first-order valence-electron chi connectivity index (χ1n) is 13.7. The Bertz CT molecular complexity index is 740. The number of amides is 3. The highest BCUT2D eigenvalue weighted by atomic mass is 33.1. The number of hydrogen-bond donors (Lipinski definition) is 7. The van der Waals surface area contributed by atoms with E-state index in [9.17, 15) is 33.9 Å². The number of carboxylic acid groups (broad SMARTS) is 1. The van der Waals surface area contributed by atoms with Crippen molar-refractivity contribution < 1.29 is 43.8 Å². The molecule has 3 atom stereocenters. The van der Waals surface area contributed by atoms with Gasteiger partial charge in [-0.1, -0.05) is 57.0 Å². The number of aliphatic carboxylic acids is 1. The Hall–Kier alpha value is -1.83. The number of ketones is 1. The second kappa shape index (κ2) is 43.3. The first-order valence-corrected chi connectivity index (χ1v) is 18.7. The average Bonchev–Trinajstić information content (AvgIpc) is 2.97. The van der Waals surface area contributed by atoms with Crippen LogP contribution < -0.4 is 27.0 Å². The fourth-order valence-corrected chi connectivity index (χ4v) is 5.97. The molecule has 0 aliphatic heterocycles. The van der Waals surface area contributed by atoms with Gasteiger partial charge in [0, 0.05) is 48.9 Å². The van der Waals surface area contributed by atoms with Gasteiger partial charge in [0.05, 0.1) is 18.6 Å². The zero-order valence-electron chi connectivity index (χ0n) is 26.8. The van der Waals surface area contributed by atoms with Crippen LogP contribution in [-0.2, 0) is 33.6 Å². The lowest BCUT2D eigenvalue weighted by Gasteiger charge is -2.18. The Morgan fingerprint density at radius 2 is 1.41 bits per heavy atom. The normalized spacial score (nSPS) is 11.3. The van der Waals surface area contributed by atoms with Crippen LogP contribution in [0.5, 0.6) is 0 Å². The van der Waals surface area contributed by atoms with Crippen LogP contribution in [0, 0.1) is 0 Å². The van der Waals surface area contributed by atoms with Gasteiger partial charge in [0.15, 0.2) is 0 Å². The van der Waals surface area contributed by atoms with Crippen LogP contribution in [0.4, 0.5) is 0 Å². The third-order valence-corrected chi connectivity index (χ3v) is 8.87. The quantitative estimate of drug-likeness (QED) is 0.0471. The third-order valence-electron chi connectivity index (χ3n) is 4.03. The summed E-state index contributed by atoms with van der Waals surface area (Å²) in [6.45, 7) is 10.0. The number of primary amides is 1. The number of aldehydes is 2. The first-order chi connectivity index (χ1) is 20.9. The maximum absolute atomic E-state index is 11.6. The van der Waals surface area contributed by atoms with E-state index >= 15 is 0 Å². The van der Waals surface area contributed by atoms with Crippen LogP contribution in [0.25, 0.3) is 0 Å². The van der Waals surface area contributed by atoms with Gasteiger partial charge in [-0.2, -0.15) is 0 Å². The summed E-state index contributed by atoms with van der Waals surface area (Å²) >= 11 is 0. The van der Waals surface area contributed by atoms with Gasteiger partial charge in [0.25, 0.3) is 0 Å². The molecule has 0 bridgehead atoms. The Balaban J connectivity index is -0.000000168. The van der Waals surface area contributed by atoms with Gasteiger partial charge in [-0.3, -0.25) is 24.0 Å². The molecule has 0 aliphatic carbocycles. The Morgan fingerprint density at radius 1 is 0.909 bits per heavy atom. The molecule has 14 nitrogen and oxygen atoms in total.